The van der Waals surface area contributed by atoms with Crippen LogP contribution in [0.5, 0.6) is 0 Å². The van der Waals surface area contributed by atoms with Crippen molar-refractivity contribution in [2.24, 2.45) is 0 Å². The topological polar surface area (TPSA) is 83.1 Å². The van der Waals surface area contributed by atoms with Crippen molar-refractivity contribution in [1.29, 1.82) is 0 Å². The molecule has 1 aromatic rings. The molecule has 154 valence electrons. The zero-order valence-electron chi connectivity index (χ0n) is 15.1. The maximum atomic E-state index is 12.3. The number of nitrogens with one attached hydrogen (secondary N) is 2. The molecule has 2 fully saturated rings. The SMILES string of the molecule is COC(=O)c1ccc(N2CCN(C(=O)NCC3CNCCO3)CC2)s1.Cl.Cl. The van der Waals surface area contributed by atoms with Gasteiger partial charge in [0, 0.05) is 45.8 Å². The molecule has 2 amide bonds. The Morgan fingerprint density at radius 2 is 2.04 bits per heavy atom. The summed E-state index contributed by atoms with van der Waals surface area (Å²) in [5.41, 5.74) is 0. The minimum atomic E-state index is -0.311. The monoisotopic (exact) mass is 440 g/mol. The van der Waals surface area contributed by atoms with Crippen LogP contribution in [0.3, 0.4) is 0 Å². The van der Waals surface area contributed by atoms with E-state index in [2.05, 4.69) is 15.5 Å². The number of piperazine rings is 1. The number of hydrogen-bond acceptors (Lipinski definition) is 7. The van der Waals surface area contributed by atoms with Gasteiger partial charge in [-0.3, -0.25) is 0 Å². The highest BCUT2D eigenvalue weighted by molar-refractivity contribution is 7.17. The lowest BCUT2D eigenvalue weighted by Gasteiger charge is -2.35. The molecule has 2 aliphatic rings. The quantitative estimate of drug-likeness (QED) is 0.684. The van der Waals surface area contributed by atoms with Crippen LogP contribution in [0.15, 0.2) is 12.1 Å². The number of halogens is 2. The molecule has 1 aromatic heterocycles. The molecule has 2 N–H and O–H groups in total. The van der Waals surface area contributed by atoms with Crippen molar-refractivity contribution in [2.45, 2.75) is 6.10 Å². The van der Waals surface area contributed by atoms with Gasteiger partial charge in [0.25, 0.3) is 0 Å². The number of ether oxygens (including phenoxy) is 2. The number of carbonyl (C=O) groups excluding carboxylic acids is 2. The molecule has 11 heteroatoms. The second-order valence-corrected chi connectivity index (χ2v) is 7.05. The number of rotatable bonds is 4. The molecule has 2 aliphatic heterocycles. The summed E-state index contributed by atoms with van der Waals surface area (Å²) >= 11 is 1.42. The molecule has 1 atom stereocenters. The van der Waals surface area contributed by atoms with Gasteiger partial charge in [-0.05, 0) is 12.1 Å². The highest BCUT2D eigenvalue weighted by Gasteiger charge is 2.23. The minimum absolute atomic E-state index is 0. The van der Waals surface area contributed by atoms with E-state index in [1.807, 2.05) is 11.0 Å². The molecule has 0 aliphatic carbocycles. The van der Waals surface area contributed by atoms with E-state index in [1.54, 1.807) is 6.07 Å². The summed E-state index contributed by atoms with van der Waals surface area (Å²) in [6.07, 6.45) is 0.0434. The van der Waals surface area contributed by atoms with E-state index in [1.165, 1.54) is 18.4 Å². The van der Waals surface area contributed by atoms with Crippen molar-refractivity contribution in [3.63, 3.8) is 0 Å². The molecular formula is C16H26Cl2N4O4S. The number of methoxy groups -OCH3 is 1. The van der Waals surface area contributed by atoms with Gasteiger partial charge in [0.15, 0.2) is 0 Å². The van der Waals surface area contributed by atoms with E-state index in [-0.39, 0.29) is 42.9 Å². The van der Waals surface area contributed by atoms with Gasteiger partial charge in [0.05, 0.1) is 24.8 Å². The van der Waals surface area contributed by atoms with Gasteiger partial charge in [0.1, 0.15) is 4.88 Å². The molecule has 0 saturated carbocycles. The Kier molecular flexibility index (Phi) is 10.2. The predicted molar refractivity (Wildman–Crippen MR) is 110 cm³/mol. The number of nitrogens with zero attached hydrogens (tertiary/aromatic N) is 2. The fourth-order valence-electron chi connectivity index (χ4n) is 2.90. The summed E-state index contributed by atoms with van der Waals surface area (Å²) in [7, 11) is 1.38. The van der Waals surface area contributed by atoms with Gasteiger partial charge < -0.3 is 29.9 Å². The Labute approximate surface area is 175 Å². The number of amides is 2. The third-order valence-electron chi connectivity index (χ3n) is 4.34. The molecule has 27 heavy (non-hydrogen) atoms. The fourth-order valence-corrected chi connectivity index (χ4v) is 3.88. The first-order valence-corrected chi connectivity index (χ1v) is 9.27. The highest BCUT2D eigenvalue weighted by Crippen LogP contribution is 2.27. The lowest BCUT2D eigenvalue weighted by Crippen LogP contribution is -2.53. The molecule has 1 unspecified atom stereocenters. The molecule has 3 heterocycles. The number of anilines is 1. The summed E-state index contributed by atoms with van der Waals surface area (Å²) < 4.78 is 10.3. The molecule has 3 rings (SSSR count). The summed E-state index contributed by atoms with van der Waals surface area (Å²) in [5, 5.41) is 7.23. The van der Waals surface area contributed by atoms with Crippen LogP contribution in [-0.4, -0.2) is 82.5 Å². The standard InChI is InChI=1S/C16H24N4O4S.2ClH/c1-23-15(21)13-2-3-14(25-13)19-5-7-20(8-6-19)16(22)18-11-12-10-17-4-9-24-12;;/h2-3,12,17H,4-11H2,1H3,(H,18,22);2*1H. The van der Waals surface area contributed by atoms with Crippen LogP contribution in [-0.2, 0) is 9.47 Å². The molecule has 8 nitrogen and oxygen atoms in total. The normalized spacial score (nSPS) is 19.5. The number of carbonyl (C=O) groups is 2. The van der Waals surface area contributed by atoms with E-state index in [0.717, 1.165) is 31.2 Å². The van der Waals surface area contributed by atoms with Gasteiger partial charge in [-0.2, -0.15) is 0 Å². The molecule has 0 bridgehead atoms. The summed E-state index contributed by atoms with van der Waals surface area (Å²) in [5.74, 6) is -0.311. The maximum Gasteiger partial charge on any atom is 0.348 e. The van der Waals surface area contributed by atoms with Gasteiger partial charge in [-0.1, -0.05) is 0 Å². The van der Waals surface area contributed by atoms with Crippen LogP contribution in [0.2, 0.25) is 0 Å². The maximum absolute atomic E-state index is 12.3. The van der Waals surface area contributed by atoms with E-state index >= 15 is 0 Å². The van der Waals surface area contributed by atoms with Crippen molar-refractivity contribution in [1.82, 2.24) is 15.5 Å². The average molecular weight is 441 g/mol. The number of esters is 1. The second kappa shape index (κ2) is 11.6. The first-order chi connectivity index (χ1) is 12.2. The van der Waals surface area contributed by atoms with Crippen molar-refractivity contribution >= 4 is 53.2 Å². The van der Waals surface area contributed by atoms with Crippen LogP contribution in [0.25, 0.3) is 0 Å². The van der Waals surface area contributed by atoms with Crippen LogP contribution in [0, 0.1) is 0 Å². The lowest BCUT2D eigenvalue weighted by atomic mass is 10.3. The van der Waals surface area contributed by atoms with Crippen LogP contribution < -0.4 is 15.5 Å². The van der Waals surface area contributed by atoms with E-state index < -0.39 is 0 Å². The van der Waals surface area contributed by atoms with Gasteiger partial charge >= 0.3 is 12.0 Å². The number of urea groups is 1. The van der Waals surface area contributed by atoms with Crippen molar-refractivity contribution in [3.05, 3.63) is 17.0 Å². The molecule has 0 radical (unpaired) electrons. The molecule has 0 aromatic carbocycles. The van der Waals surface area contributed by atoms with Crippen molar-refractivity contribution in [2.75, 3.05) is 64.4 Å². The van der Waals surface area contributed by atoms with Crippen LogP contribution >= 0.6 is 36.2 Å². The number of morpholine rings is 1. The van der Waals surface area contributed by atoms with E-state index in [4.69, 9.17) is 9.47 Å². The van der Waals surface area contributed by atoms with Crippen LogP contribution in [0.1, 0.15) is 9.67 Å². The van der Waals surface area contributed by atoms with Crippen molar-refractivity contribution < 1.29 is 19.1 Å². The van der Waals surface area contributed by atoms with Gasteiger partial charge in [-0.15, -0.1) is 36.2 Å². The summed E-state index contributed by atoms with van der Waals surface area (Å²) in [6.45, 7) is 5.66. The molecule has 2 saturated heterocycles. The zero-order chi connectivity index (χ0) is 17.6. The Morgan fingerprint density at radius 1 is 1.30 bits per heavy atom. The van der Waals surface area contributed by atoms with Crippen LogP contribution in [0.4, 0.5) is 9.80 Å². The molecular weight excluding hydrogens is 415 g/mol. The smallest absolute Gasteiger partial charge is 0.348 e. The second-order valence-electron chi connectivity index (χ2n) is 5.99. The fraction of sp³-hybridized carbons (Fsp3) is 0.625. The third kappa shape index (κ3) is 6.39. The summed E-state index contributed by atoms with van der Waals surface area (Å²) in [4.78, 5) is 28.4. The largest absolute Gasteiger partial charge is 0.465 e. The molecule has 0 spiro atoms. The Balaban J connectivity index is 0.00000182. The minimum Gasteiger partial charge on any atom is -0.465 e. The Morgan fingerprint density at radius 3 is 2.67 bits per heavy atom. The first kappa shape index (κ1) is 23.8. The summed E-state index contributed by atoms with van der Waals surface area (Å²) in [6, 6.07) is 3.67. The predicted octanol–water partition coefficient (Wildman–Crippen LogP) is 1.20. The van der Waals surface area contributed by atoms with Gasteiger partial charge in [-0.25, -0.2) is 9.59 Å². The lowest BCUT2D eigenvalue weighted by molar-refractivity contribution is 0.0299. The Bertz CT molecular complexity index is 605. The number of hydrogen-bond donors (Lipinski definition) is 2. The number of thiophene rings is 1. The van der Waals surface area contributed by atoms with Crippen molar-refractivity contribution in [3.8, 4) is 0 Å². The van der Waals surface area contributed by atoms with E-state index in [0.29, 0.717) is 31.1 Å². The third-order valence-corrected chi connectivity index (χ3v) is 5.47. The van der Waals surface area contributed by atoms with Gasteiger partial charge in [0.2, 0.25) is 0 Å². The zero-order valence-corrected chi connectivity index (χ0v) is 17.6. The Hall–Kier alpha value is -1.26. The average Bonchev–Trinajstić information content (AvgIpc) is 3.16. The van der Waals surface area contributed by atoms with E-state index in [9.17, 15) is 9.59 Å². The highest BCUT2D eigenvalue weighted by atomic mass is 35.5. The first-order valence-electron chi connectivity index (χ1n) is 8.45.